The lowest BCUT2D eigenvalue weighted by Crippen LogP contribution is -2.59. The van der Waals surface area contributed by atoms with Gasteiger partial charge in [-0.1, -0.05) is 53.5 Å². The van der Waals surface area contributed by atoms with E-state index in [9.17, 15) is 14.4 Å². The minimum atomic E-state index is -0.668. The number of hydrogen-bond donors (Lipinski definition) is 1. The average Bonchev–Trinajstić information content (AvgIpc) is 2.73. The Morgan fingerprint density at radius 2 is 1.84 bits per heavy atom. The Morgan fingerprint density at radius 1 is 1.22 bits per heavy atom. The Labute approximate surface area is 194 Å². The molecule has 1 aliphatic heterocycles. The second-order valence-corrected chi connectivity index (χ2v) is 10.2. The fraction of sp³-hybridized carbons (Fsp3) is 0.800. The van der Waals surface area contributed by atoms with Crippen LogP contribution in [0.25, 0.3) is 0 Å². The van der Waals surface area contributed by atoms with Crippen molar-refractivity contribution in [1.82, 2.24) is 15.1 Å². The molecule has 4 atom stereocenters. The molecule has 0 aliphatic carbocycles. The van der Waals surface area contributed by atoms with Crippen LogP contribution >= 0.6 is 0 Å². The number of likely N-dealkylation sites (N-methyl/N-ethyl adjacent to an activating group) is 2. The number of piperidine rings is 1. The summed E-state index contributed by atoms with van der Waals surface area (Å²) in [5.41, 5.74) is 0.0192. The zero-order valence-corrected chi connectivity index (χ0v) is 21.7. The topological polar surface area (TPSA) is 79.0 Å². The maximum Gasteiger partial charge on any atom is 0.333 e. The van der Waals surface area contributed by atoms with Crippen molar-refractivity contribution in [3.63, 3.8) is 0 Å². The highest BCUT2D eigenvalue weighted by atomic mass is 16.5. The number of amides is 2. The summed E-state index contributed by atoms with van der Waals surface area (Å²) in [5, 5.41) is 3.06. The lowest BCUT2D eigenvalue weighted by molar-refractivity contribution is -0.142. The van der Waals surface area contributed by atoms with E-state index in [4.69, 9.17) is 4.74 Å². The van der Waals surface area contributed by atoms with E-state index in [1.165, 1.54) is 0 Å². The van der Waals surface area contributed by atoms with Crippen LogP contribution in [0.2, 0.25) is 0 Å². The first kappa shape index (κ1) is 28.1. The third kappa shape index (κ3) is 7.61. The highest BCUT2D eigenvalue weighted by Crippen LogP contribution is 2.25. The smallest absolute Gasteiger partial charge is 0.333 e. The van der Waals surface area contributed by atoms with Crippen molar-refractivity contribution in [2.24, 2.45) is 11.3 Å². The standard InChI is InChI=1S/C25H45N3O4/c1-10-17(3)20(16-18(4)24(31)32-11-2)28(9)23(30)21(25(5,6)7)26-22(29)19-14-12-13-15-27(19)8/h16-17,19-21H,10-15H2,1-9H3,(H,26,29)/t17?,19?,20-,21-/m1/s1. The van der Waals surface area contributed by atoms with Crippen molar-refractivity contribution in [1.29, 1.82) is 0 Å². The van der Waals surface area contributed by atoms with Crippen LogP contribution in [0.3, 0.4) is 0 Å². The first-order valence-electron chi connectivity index (χ1n) is 12.0. The molecule has 2 unspecified atom stereocenters. The first-order chi connectivity index (χ1) is 14.8. The molecule has 1 fully saturated rings. The maximum absolute atomic E-state index is 13.7. The van der Waals surface area contributed by atoms with Gasteiger partial charge in [0, 0.05) is 12.6 Å². The summed E-state index contributed by atoms with van der Waals surface area (Å²) in [4.78, 5) is 42.7. The lowest BCUT2D eigenvalue weighted by Gasteiger charge is -2.39. The molecule has 0 aromatic rings. The molecule has 0 spiro atoms. The Hall–Kier alpha value is -1.89. The third-order valence-electron chi connectivity index (χ3n) is 6.51. The van der Waals surface area contributed by atoms with Gasteiger partial charge in [0.15, 0.2) is 0 Å². The lowest BCUT2D eigenvalue weighted by atomic mass is 9.84. The average molecular weight is 452 g/mol. The van der Waals surface area contributed by atoms with Crippen molar-refractivity contribution < 1.29 is 19.1 Å². The number of rotatable bonds is 9. The van der Waals surface area contributed by atoms with Gasteiger partial charge in [0.25, 0.3) is 0 Å². The molecule has 1 N–H and O–H groups in total. The van der Waals surface area contributed by atoms with Gasteiger partial charge in [-0.15, -0.1) is 0 Å². The summed E-state index contributed by atoms with van der Waals surface area (Å²) in [6, 6.07) is -1.16. The van der Waals surface area contributed by atoms with Crippen LogP contribution in [0.5, 0.6) is 0 Å². The van der Waals surface area contributed by atoms with Gasteiger partial charge in [0.1, 0.15) is 6.04 Å². The molecule has 0 aromatic carbocycles. The molecule has 1 aliphatic rings. The molecule has 1 rings (SSSR count). The SMILES string of the molecule is CCOC(=O)C(C)=C[C@H](C(C)CC)N(C)C(=O)[C@@H](NC(=O)C1CCCCN1C)C(C)(C)C. The van der Waals surface area contributed by atoms with Crippen molar-refractivity contribution in [3.8, 4) is 0 Å². The number of likely N-dealkylation sites (tertiary alicyclic amines) is 1. The molecule has 184 valence electrons. The van der Waals surface area contributed by atoms with E-state index in [2.05, 4.69) is 24.1 Å². The number of carbonyl (C=O) groups excluding carboxylic acids is 3. The number of esters is 1. The summed E-state index contributed by atoms with van der Waals surface area (Å²) in [5.74, 6) is -0.480. The van der Waals surface area contributed by atoms with Crippen molar-refractivity contribution in [2.45, 2.75) is 92.3 Å². The van der Waals surface area contributed by atoms with E-state index in [0.717, 1.165) is 32.2 Å². The molecular weight excluding hydrogens is 406 g/mol. The van der Waals surface area contributed by atoms with E-state index in [1.54, 1.807) is 25.8 Å². The quantitative estimate of drug-likeness (QED) is 0.429. The Kier molecular flexibility index (Phi) is 10.9. The molecule has 0 aromatic heterocycles. The zero-order chi connectivity index (χ0) is 24.6. The van der Waals surface area contributed by atoms with Crippen LogP contribution in [0, 0.1) is 11.3 Å². The van der Waals surface area contributed by atoms with Gasteiger partial charge < -0.3 is 15.0 Å². The molecule has 32 heavy (non-hydrogen) atoms. The van der Waals surface area contributed by atoms with Crippen LogP contribution in [-0.4, -0.2) is 73.0 Å². The highest BCUT2D eigenvalue weighted by Gasteiger charge is 2.39. The highest BCUT2D eigenvalue weighted by molar-refractivity contribution is 5.91. The summed E-state index contributed by atoms with van der Waals surface area (Å²) in [6.07, 6.45) is 5.58. The normalized spacial score (nSPS) is 20.8. The van der Waals surface area contributed by atoms with E-state index < -0.39 is 11.5 Å². The first-order valence-corrected chi connectivity index (χ1v) is 12.0. The Morgan fingerprint density at radius 3 is 2.34 bits per heavy atom. The molecule has 7 heteroatoms. The van der Waals surface area contributed by atoms with Gasteiger partial charge in [0.05, 0.1) is 18.7 Å². The van der Waals surface area contributed by atoms with E-state index in [1.807, 2.05) is 33.9 Å². The largest absolute Gasteiger partial charge is 0.463 e. The van der Waals surface area contributed by atoms with Gasteiger partial charge in [-0.25, -0.2) is 4.79 Å². The van der Waals surface area contributed by atoms with Crippen molar-refractivity contribution >= 4 is 17.8 Å². The second-order valence-electron chi connectivity index (χ2n) is 10.2. The number of carbonyl (C=O) groups is 3. The molecule has 0 radical (unpaired) electrons. The maximum atomic E-state index is 13.7. The summed E-state index contributed by atoms with van der Waals surface area (Å²) in [6.45, 7) is 14.7. The molecule has 2 amide bonds. The number of hydrogen-bond acceptors (Lipinski definition) is 5. The predicted octanol–water partition coefficient (Wildman–Crippen LogP) is 3.38. The van der Waals surface area contributed by atoms with Gasteiger partial charge in [0.2, 0.25) is 11.8 Å². The summed E-state index contributed by atoms with van der Waals surface area (Å²) < 4.78 is 5.12. The van der Waals surface area contributed by atoms with Gasteiger partial charge in [-0.3, -0.25) is 14.5 Å². The Balaban J connectivity index is 3.16. The second kappa shape index (κ2) is 12.4. The van der Waals surface area contributed by atoms with E-state index in [0.29, 0.717) is 12.2 Å². The van der Waals surface area contributed by atoms with E-state index >= 15 is 0 Å². The van der Waals surface area contributed by atoms with Crippen molar-refractivity contribution in [3.05, 3.63) is 11.6 Å². The van der Waals surface area contributed by atoms with Crippen LogP contribution < -0.4 is 5.32 Å². The van der Waals surface area contributed by atoms with Crippen molar-refractivity contribution in [2.75, 3.05) is 27.2 Å². The van der Waals surface area contributed by atoms with Gasteiger partial charge in [-0.2, -0.15) is 0 Å². The van der Waals surface area contributed by atoms with Gasteiger partial charge in [-0.05, 0) is 51.6 Å². The number of nitrogens with one attached hydrogen (secondary N) is 1. The molecule has 0 bridgehead atoms. The van der Waals surface area contributed by atoms with Crippen LogP contribution in [-0.2, 0) is 19.1 Å². The van der Waals surface area contributed by atoms with Crippen LogP contribution in [0.15, 0.2) is 11.6 Å². The summed E-state index contributed by atoms with van der Waals surface area (Å²) >= 11 is 0. The molecule has 1 saturated heterocycles. The van der Waals surface area contributed by atoms with Crippen LogP contribution in [0.1, 0.15) is 74.1 Å². The van der Waals surface area contributed by atoms with Crippen LogP contribution in [0.4, 0.5) is 0 Å². The molecule has 1 heterocycles. The fourth-order valence-electron chi connectivity index (χ4n) is 4.11. The summed E-state index contributed by atoms with van der Waals surface area (Å²) in [7, 11) is 3.72. The fourth-order valence-corrected chi connectivity index (χ4v) is 4.11. The molecule has 0 saturated carbocycles. The monoisotopic (exact) mass is 451 g/mol. The predicted molar refractivity (Wildman–Crippen MR) is 128 cm³/mol. The number of nitrogens with zero attached hydrogens (tertiary/aromatic N) is 2. The minimum Gasteiger partial charge on any atom is -0.463 e. The Bertz CT molecular complexity index is 683. The van der Waals surface area contributed by atoms with E-state index in [-0.39, 0.29) is 35.8 Å². The van der Waals surface area contributed by atoms with Gasteiger partial charge >= 0.3 is 5.97 Å². The third-order valence-corrected chi connectivity index (χ3v) is 6.51. The minimum absolute atomic E-state index is 0.0905. The molecule has 7 nitrogen and oxygen atoms in total. The zero-order valence-electron chi connectivity index (χ0n) is 21.7. The number of ether oxygens (including phenoxy) is 1. The molecular formula is C25H45N3O4.